The molecule has 5 heteroatoms. The Balaban J connectivity index is 1.27. The largest absolute Gasteiger partial charge is 0.475 e. The molecule has 0 saturated carbocycles. The summed E-state index contributed by atoms with van der Waals surface area (Å²) in [6.07, 6.45) is 0.374. The Hall–Kier alpha value is -3.99. The van der Waals surface area contributed by atoms with Gasteiger partial charge in [0.05, 0.1) is 12.2 Å². The second kappa shape index (κ2) is 11.0. The molecule has 0 atom stereocenters. The molecule has 0 unspecified atom stereocenters. The Labute approximate surface area is 194 Å². The fourth-order valence-corrected chi connectivity index (χ4v) is 3.68. The smallest absolute Gasteiger partial charge is 0.233 e. The zero-order chi connectivity index (χ0) is 22.9. The highest BCUT2D eigenvalue weighted by Gasteiger charge is 2.17. The molecule has 4 aromatic rings. The van der Waals surface area contributed by atoms with Gasteiger partial charge in [0.1, 0.15) is 6.61 Å². The maximum atomic E-state index is 12.6. The van der Waals surface area contributed by atoms with Gasteiger partial charge in [0.25, 0.3) is 0 Å². The van der Waals surface area contributed by atoms with E-state index in [0.29, 0.717) is 25.5 Å². The Kier molecular flexibility index (Phi) is 7.44. The number of hydrogen-bond acceptors (Lipinski definition) is 4. The number of benzene rings is 3. The first-order valence-corrected chi connectivity index (χ1v) is 11.1. The molecule has 0 aliphatic rings. The summed E-state index contributed by atoms with van der Waals surface area (Å²) in [5.74, 6) is 0.428. The number of aromatic nitrogens is 2. The van der Waals surface area contributed by atoms with Crippen LogP contribution in [0.1, 0.15) is 29.0 Å². The summed E-state index contributed by atoms with van der Waals surface area (Å²) in [6.45, 7) is 2.77. The Morgan fingerprint density at radius 1 is 0.818 bits per heavy atom. The number of ether oxygens (including phenoxy) is 1. The van der Waals surface area contributed by atoms with Crippen LogP contribution in [0.15, 0.2) is 97.1 Å². The van der Waals surface area contributed by atoms with Crippen LogP contribution >= 0.6 is 0 Å². The Morgan fingerprint density at radius 3 is 2.03 bits per heavy atom. The summed E-state index contributed by atoms with van der Waals surface area (Å²) < 4.78 is 5.65. The molecular weight excluding hydrogens is 410 g/mol. The van der Waals surface area contributed by atoms with Gasteiger partial charge in [-0.15, -0.1) is 10.2 Å². The van der Waals surface area contributed by atoms with Gasteiger partial charge in [-0.25, -0.2) is 0 Å². The van der Waals surface area contributed by atoms with Gasteiger partial charge in [0.15, 0.2) is 0 Å². The van der Waals surface area contributed by atoms with Crippen molar-refractivity contribution in [3.63, 3.8) is 0 Å². The van der Waals surface area contributed by atoms with Crippen molar-refractivity contribution in [3.05, 3.63) is 114 Å². The van der Waals surface area contributed by atoms with E-state index in [9.17, 15) is 4.79 Å². The molecule has 0 spiro atoms. The normalized spacial score (nSPS) is 10.7. The summed E-state index contributed by atoms with van der Waals surface area (Å²) in [5.41, 5.74) is 5.26. The molecule has 5 nitrogen and oxygen atoms in total. The molecule has 1 heterocycles. The highest BCUT2D eigenvalue weighted by molar-refractivity contribution is 5.77. The zero-order valence-corrected chi connectivity index (χ0v) is 18.6. The van der Waals surface area contributed by atoms with Crippen molar-refractivity contribution < 1.29 is 9.53 Å². The maximum absolute atomic E-state index is 12.6. The van der Waals surface area contributed by atoms with Crippen LogP contribution in [0.5, 0.6) is 5.88 Å². The molecule has 4 rings (SSSR count). The van der Waals surface area contributed by atoms with Crippen molar-refractivity contribution >= 4 is 5.91 Å². The van der Waals surface area contributed by atoms with E-state index < -0.39 is 0 Å². The van der Waals surface area contributed by atoms with Crippen molar-refractivity contribution in [2.75, 3.05) is 13.2 Å². The van der Waals surface area contributed by atoms with Crippen LogP contribution in [0.25, 0.3) is 11.3 Å². The Bertz CT molecular complexity index is 1110. The first kappa shape index (κ1) is 22.2. The lowest BCUT2D eigenvalue weighted by atomic mass is 9.88. The van der Waals surface area contributed by atoms with E-state index in [1.807, 2.05) is 66.7 Å². The predicted molar refractivity (Wildman–Crippen MR) is 130 cm³/mol. The monoisotopic (exact) mass is 437 g/mol. The van der Waals surface area contributed by atoms with Crippen molar-refractivity contribution in [3.8, 4) is 17.1 Å². The van der Waals surface area contributed by atoms with Crippen LogP contribution in [0.2, 0.25) is 0 Å². The molecule has 0 saturated heterocycles. The molecular formula is C28H27N3O2. The lowest BCUT2D eigenvalue weighted by Crippen LogP contribution is -2.29. The highest BCUT2D eigenvalue weighted by atomic mass is 16.5. The highest BCUT2D eigenvalue weighted by Crippen LogP contribution is 2.27. The van der Waals surface area contributed by atoms with E-state index in [1.165, 1.54) is 5.56 Å². The summed E-state index contributed by atoms with van der Waals surface area (Å²) >= 11 is 0. The second-order valence-electron chi connectivity index (χ2n) is 7.90. The topological polar surface area (TPSA) is 64.1 Å². The maximum Gasteiger partial charge on any atom is 0.233 e. The number of hydrogen-bond donors (Lipinski definition) is 1. The van der Waals surface area contributed by atoms with Crippen LogP contribution in [0.4, 0.5) is 0 Å². The number of amides is 1. The van der Waals surface area contributed by atoms with Crippen LogP contribution in [-0.2, 0) is 4.79 Å². The van der Waals surface area contributed by atoms with Gasteiger partial charge in [-0.1, -0.05) is 90.5 Å². The van der Waals surface area contributed by atoms with Crippen molar-refractivity contribution in [1.29, 1.82) is 0 Å². The summed E-state index contributed by atoms with van der Waals surface area (Å²) in [4.78, 5) is 12.6. The van der Waals surface area contributed by atoms with Crippen molar-refractivity contribution in [1.82, 2.24) is 15.5 Å². The van der Waals surface area contributed by atoms with Crippen LogP contribution in [0, 0.1) is 6.92 Å². The van der Waals surface area contributed by atoms with Crippen molar-refractivity contribution in [2.45, 2.75) is 19.3 Å². The van der Waals surface area contributed by atoms with Gasteiger partial charge < -0.3 is 10.1 Å². The van der Waals surface area contributed by atoms with E-state index in [2.05, 4.69) is 46.7 Å². The van der Waals surface area contributed by atoms with Gasteiger partial charge in [0.2, 0.25) is 11.8 Å². The van der Waals surface area contributed by atoms with E-state index in [-0.39, 0.29) is 11.8 Å². The van der Waals surface area contributed by atoms with Crippen molar-refractivity contribution in [2.24, 2.45) is 0 Å². The molecule has 33 heavy (non-hydrogen) atoms. The Morgan fingerprint density at radius 2 is 1.45 bits per heavy atom. The molecule has 166 valence electrons. The lowest BCUT2D eigenvalue weighted by Gasteiger charge is -2.18. The molecule has 1 amide bonds. The van der Waals surface area contributed by atoms with Gasteiger partial charge >= 0.3 is 0 Å². The third-order valence-corrected chi connectivity index (χ3v) is 5.45. The lowest BCUT2D eigenvalue weighted by molar-refractivity contribution is -0.121. The molecule has 0 aliphatic carbocycles. The van der Waals surface area contributed by atoms with Gasteiger partial charge in [-0.3, -0.25) is 4.79 Å². The number of carbonyl (C=O) groups is 1. The first-order valence-electron chi connectivity index (χ1n) is 11.1. The van der Waals surface area contributed by atoms with Gasteiger partial charge in [-0.05, 0) is 24.1 Å². The third kappa shape index (κ3) is 6.26. The quantitative estimate of drug-likeness (QED) is 0.367. The number of aryl methyl sites for hydroxylation is 1. The van der Waals surface area contributed by atoms with Gasteiger partial charge in [0, 0.05) is 24.0 Å². The van der Waals surface area contributed by atoms with E-state index in [4.69, 9.17) is 4.74 Å². The van der Waals surface area contributed by atoms with Gasteiger partial charge in [-0.2, -0.15) is 0 Å². The molecule has 0 radical (unpaired) electrons. The average Bonchev–Trinajstić information content (AvgIpc) is 2.87. The fraction of sp³-hybridized carbons (Fsp3) is 0.179. The molecule has 1 aromatic heterocycles. The van der Waals surface area contributed by atoms with E-state index in [1.54, 1.807) is 6.07 Å². The predicted octanol–water partition coefficient (Wildman–Crippen LogP) is 5.17. The standard InChI is InChI=1S/C28H27N3O2/c1-21-12-14-24(15-13-21)26-16-17-28(31-30-26)33-19-18-29-27(32)20-25(22-8-4-2-5-9-22)23-10-6-3-7-11-23/h2-17,25H,18-20H2,1H3,(H,29,32). The molecule has 0 aliphatic heterocycles. The van der Waals surface area contributed by atoms with Crippen LogP contribution in [0.3, 0.4) is 0 Å². The molecule has 0 fully saturated rings. The summed E-state index contributed by atoms with van der Waals surface area (Å²) in [7, 11) is 0. The third-order valence-electron chi connectivity index (χ3n) is 5.45. The zero-order valence-electron chi connectivity index (χ0n) is 18.6. The minimum Gasteiger partial charge on any atom is -0.475 e. The first-order chi connectivity index (χ1) is 16.2. The minimum atomic E-state index is -0.0166. The second-order valence-corrected chi connectivity index (χ2v) is 7.90. The van der Waals surface area contributed by atoms with E-state index in [0.717, 1.165) is 22.4 Å². The summed E-state index contributed by atoms with van der Waals surface area (Å²) in [6, 6.07) is 32.0. The summed E-state index contributed by atoms with van der Waals surface area (Å²) in [5, 5.41) is 11.3. The molecule has 1 N–H and O–H groups in total. The number of nitrogens with one attached hydrogen (secondary N) is 1. The molecule has 0 bridgehead atoms. The number of carbonyl (C=O) groups excluding carboxylic acids is 1. The van der Waals surface area contributed by atoms with E-state index >= 15 is 0 Å². The average molecular weight is 438 g/mol. The minimum absolute atomic E-state index is 0.00787. The fourth-order valence-electron chi connectivity index (χ4n) is 3.68. The van der Waals surface area contributed by atoms with Crippen LogP contribution < -0.4 is 10.1 Å². The number of nitrogens with zero attached hydrogens (tertiary/aromatic N) is 2. The van der Waals surface area contributed by atoms with Crippen LogP contribution in [-0.4, -0.2) is 29.3 Å². The number of rotatable bonds is 9. The SMILES string of the molecule is Cc1ccc(-c2ccc(OCCNC(=O)CC(c3ccccc3)c3ccccc3)nn2)cc1. The molecule has 3 aromatic carbocycles.